The molecule has 1 nitrogen and oxygen atoms in total. The Labute approximate surface area is 111 Å². The maximum Gasteiger partial charge on any atom is 0.140 e. The van der Waals surface area contributed by atoms with Crippen molar-refractivity contribution in [3.63, 3.8) is 0 Å². The van der Waals surface area contributed by atoms with Gasteiger partial charge in [0.15, 0.2) is 0 Å². The highest BCUT2D eigenvalue weighted by Gasteiger charge is 2.33. The van der Waals surface area contributed by atoms with Gasteiger partial charge in [0.1, 0.15) is 5.82 Å². The number of hydrogen-bond acceptors (Lipinski definition) is 1. The molecule has 0 saturated heterocycles. The summed E-state index contributed by atoms with van der Waals surface area (Å²) in [6.07, 6.45) is 6.00. The van der Waals surface area contributed by atoms with E-state index in [1.54, 1.807) is 0 Å². The van der Waals surface area contributed by atoms with Gasteiger partial charge in [-0.2, -0.15) is 0 Å². The molecule has 0 aromatic heterocycles. The maximum absolute atomic E-state index is 13.6. The molecule has 1 fully saturated rings. The van der Waals surface area contributed by atoms with Crippen LogP contribution in [0.3, 0.4) is 0 Å². The van der Waals surface area contributed by atoms with Gasteiger partial charge in [0.25, 0.3) is 0 Å². The third-order valence-corrected chi connectivity index (χ3v) is 4.60. The lowest BCUT2D eigenvalue weighted by Gasteiger charge is -2.37. The average Bonchev–Trinajstić information content (AvgIpc) is 2.36. The van der Waals surface area contributed by atoms with Crippen LogP contribution in [0.15, 0.2) is 16.6 Å². The molecule has 1 saturated carbocycles. The van der Waals surface area contributed by atoms with Crippen molar-refractivity contribution in [2.45, 2.75) is 44.4 Å². The Balaban J connectivity index is 2.43. The van der Waals surface area contributed by atoms with Crippen LogP contribution in [0, 0.1) is 12.7 Å². The molecule has 1 aromatic rings. The van der Waals surface area contributed by atoms with Gasteiger partial charge in [-0.1, -0.05) is 25.3 Å². The van der Waals surface area contributed by atoms with Crippen molar-refractivity contribution in [2.24, 2.45) is 5.73 Å². The zero-order chi connectivity index (χ0) is 12.5. The predicted molar refractivity (Wildman–Crippen MR) is 72.7 cm³/mol. The molecule has 0 aliphatic heterocycles. The van der Waals surface area contributed by atoms with Crippen molar-refractivity contribution in [1.29, 1.82) is 0 Å². The minimum atomic E-state index is -0.156. The van der Waals surface area contributed by atoms with Crippen LogP contribution in [0.2, 0.25) is 0 Å². The van der Waals surface area contributed by atoms with Crippen molar-refractivity contribution in [1.82, 2.24) is 0 Å². The highest BCUT2D eigenvalue weighted by atomic mass is 79.9. The Morgan fingerprint density at radius 3 is 2.47 bits per heavy atom. The van der Waals surface area contributed by atoms with Crippen LogP contribution in [0.4, 0.5) is 4.39 Å². The van der Waals surface area contributed by atoms with Crippen molar-refractivity contribution >= 4 is 15.9 Å². The summed E-state index contributed by atoms with van der Waals surface area (Å²) >= 11 is 3.30. The molecule has 1 aliphatic carbocycles. The molecule has 0 unspecified atom stereocenters. The summed E-state index contributed by atoms with van der Waals surface area (Å²) in [5.74, 6) is -0.156. The monoisotopic (exact) mass is 299 g/mol. The summed E-state index contributed by atoms with van der Waals surface area (Å²) in [6.45, 7) is 2.47. The summed E-state index contributed by atoms with van der Waals surface area (Å²) in [4.78, 5) is 0. The highest BCUT2D eigenvalue weighted by Crippen LogP contribution is 2.40. The first-order chi connectivity index (χ1) is 8.09. The van der Waals surface area contributed by atoms with Gasteiger partial charge >= 0.3 is 0 Å². The molecule has 2 rings (SSSR count). The Morgan fingerprint density at radius 2 is 1.94 bits per heavy atom. The number of benzene rings is 1. The third-order valence-electron chi connectivity index (χ3n) is 4.02. The average molecular weight is 300 g/mol. The molecule has 1 aromatic carbocycles. The molecule has 0 bridgehead atoms. The van der Waals surface area contributed by atoms with Gasteiger partial charge in [-0.25, -0.2) is 4.39 Å². The SMILES string of the molecule is Cc1cc(C2(CN)CCCCC2)cc(Br)c1F. The highest BCUT2D eigenvalue weighted by molar-refractivity contribution is 9.10. The largest absolute Gasteiger partial charge is 0.330 e. The number of halogens is 2. The van der Waals surface area contributed by atoms with Crippen LogP contribution in [-0.2, 0) is 5.41 Å². The standard InChI is InChI=1S/C14H19BrFN/c1-10-7-11(8-12(15)13(10)16)14(9-17)5-3-2-4-6-14/h7-8H,2-6,9,17H2,1H3. The fourth-order valence-corrected chi connectivity index (χ4v) is 3.43. The van der Waals surface area contributed by atoms with E-state index >= 15 is 0 Å². The molecule has 0 radical (unpaired) electrons. The Bertz CT molecular complexity index is 388. The van der Waals surface area contributed by atoms with E-state index in [9.17, 15) is 4.39 Å². The lowest BCUT2D eigenvalue weighted by Crippen LogP contribution is -2.37. The number of nitrogens with two attached hydrogens (primary N) is 1. The summed E-state index contributed by atoms with van der Waals surface area (Å²) in [5, 5.41) is 0. The molecule has 0 heterocycles. The van der Waals surface area contributed by atoms with Gasteiger partial charge in [0, 0.05) is 12.0 Å². The third kappa shape index (κ3) is 2.41. The topological polar surface area (TPSA) is 26.0 Å². The molecule has 2 N–H and O–H groups in total. The Hall–Kier alpha value is -0.410. The second kappa shape index (κ2) is 5.07. The van der Waals surface area contributed by atoms with E-state index in [2.05, 4.69) is 15.9 Å². The minimum absolute atomic E-state index is 0.0687. The molecule has 3 heteroatoms. The predicted octanol–water partition coefficient (Wildman–Crippen LogP) is 4.06. The first kappa shape index (κ1) is 13.0. The quantitative estimate of drug-likeness (QED) is 0.876. The van der Waals surface area contributed by atoms with Crippen LogP contribution in [0.1, 0.15) is 43.2 Å². The van der Waals surface area contributed by atoms with Gasteiger partial charge in [-0.3, -0.25) is 0 Å². The summed E-state index contributed by atoms with van der Waals surface area (Å²) in [5.41, 5.74) is 7.97. The fourth-order valence-electron chi connectivity index (χ4n) is 2.87. The first-order valence-corrected chi connectivity index (χ1v) is 7.04. The van der Waals surface area contributed by atoms with E-state index in [1.807, 2.05) is 19.1 Å². The zero-order valence-corrected chi connectivity index (χ0v) is 11.8. The molecular formula is C14H19BrFN. The summed E-state index contributed by atoms with van der Waals surface area (Å²) in [6, 6.07) is 3.89. The fraction of sp³-hybridized carbons (Fsp3) is 0.571. The van der Waals surface area contributed by atoms with Crippen molar-refractivity contribution in [2.75, 3.05) is 6.54 Å². The van der Waals surface area contributed by atoms with E-state index in [4.69, 9.17) is 5.73 Å². The molecule has 94 valence electrons. The van der Waals surface area contributed by atoms with Gasteiger partial charge in [-0.15, -0.1) is 0 Å². The molecular weight excluding hydrogens is 281 g/mol. The van der Waals surface area contributed by atoms with Gasteiger partial charge in [0.05, 0.1) is 4.47 Å². The van der Waals surface area contributed by atoms with Crippen LogP contribution in [0.5, 0.6) is 0 Å². The lowest BCUT2D eigenvalue weighted by molar-refractivity contribution is 0.300. The second-order valence-electron chi connectivity index (χ2n) is 5.13. The van der Waals surface area contributed by atoms with Crippen molar-refractivity contribution in [3.8, 4) is 0 Å². The smallest absolute Gasteiger partial charge is 0.140 e. The number of aryl methyl sites for hydroxylation is 1. The van der Waals surface area contributed by atoms with E-state index in [1.165, 1.54) is 24.8 Å². The molecule has 0 atom stereocenters. The van der Waals surface area contributed by atoms with Crippen LogP contribution in [0.25, 0.3) is 0 Å². The second-order valence-corrected chi connectivity index (χ2v) is 5.99. The van der Waals surface area contributed by atoms with Gasteiger partial charge in [-0.05, 0) is 52.9 Å². The summed E-state index contributed by atoms with van der Waals surface area (Å²) in [7, 11) is 0. The molecule has 0 spiro atoms. The van der Waals surface area contributed by atoms with Gasteiger partial charge < -0.3 is 5.73 Å². The van der Waals surface area contributed by atoms with Crippen molar-refractivity contribution < 1.29 is 4.39 Å². The molecule has 17 heavy (non-hydrogen) atoms. The zero-order valence-electron chi connectivity index (χ0n) is 10.2. The Morgan fingerprint density at radius 1 is 1.29 bits per heavy atom. The van der Waals surface area contributed by atoms with Gasteiger partial charge in [0.2, 0.25) is 0 Å². The number of hydrogen-bond donors (Lipinski definition) is 1. The minimum Gasteiger partial charge on any atom is -0.330 e. The molecule has 0 amide bonds. The van der Waals surface area contributed by atoms with E-state index in [0.29, 0.717) is 16.6 Å². The van der Waals surface area contributed by atoms with Crippen LogP contribution >= 0.6 is 15.9 Å². The van der Waals surface area contributed by atoms with Crippen LogP contribution < -0.4 is 5.73 Å². The van der Waals surface area contributed by atoms with E-state index in [-0.39, 0.29) is 11.2 Å². The Kier molecular flexibility index (Phi) is 3.88. The van der Waals surface area contributed by atoms with Crippen LogP contribution in [-0.4, -0.2) is 6.54 Å². The normalized spacial score (nSPS) is 19.3. The maximum atomic E-state index is 13.6. The first-order valence-electron chi connectivity index (χ1n) is 6.25. The summed E-state index contributed by atoms with van der Waals surface area (Å²) < 4.78 is 14.2. The molecule has 1 aliphatic rings. The van der Waals surface area contributed by atoms with E-state index < -0.39 is 0 Å². The lowest BCUT2D eigenvalue weighted by atomic mass is 9.69. The number of rotatable bonds is 2. The van der Waals surface area contributed by atoms with E-state index in [0.717, 1.165) is 12.8 Å². The van der Waals surface area contributed by atoms with Crippen molar-refractivity contribution in [3.05, 3.63) is 33.5 Å².